The number of hydrogen-bond donors (Lipinski definition) is 1. The Morgan fingerprint density at radius 2 is 2.00 bits per heavy atom. The molecule has 3 heterocycles. The molecular formula is C24H25N3O4S2. The lowest BCUT2D eigenvalue weighted by Gasteiger charge is -2.40. The molecule has 1 aliphatic rings. The molecule has 1 aliphatic heterocycles. The van der Waals surface area contributed by atoms with Gasteiger partial charge in [-0.3, -0.25) is 14.4 Å². The van der Waals surface area contributed by atoms with Crippen LogP contribution in [0.3, 0.4) is 0 Å². The Hall–Kier alpha value is -3.04. The number of thiophene rings is 1. The first-order chi connectivity index (χ1) is 16.0. The summed E-state index contributed by atoms with van der Waals surface area (Å²) in [6.07, 6.45) is 0.813. The van der Waals surface area contributed by atoms with Crippen LogP contribution in [0.4, 0.5) is 10.8 Å². The van der Waals surface area contributed by atoms with E-state index < -0.39 is 12.0 Å². The van der Waals surface area contributed by atoms with Crippen LogP contribution in [0.25, 0.3) is 0 Å². The van der Waals surface area contributed by atoms with Crippen LogP contribution in [0, 0.1) is 12.8 Å². The normalized spacial score (nSPS) is 18.2. The van der Waals surface area contributed by atoms with Crippen LogP contribution in [0.1, 0.15) is 41.9 Å². The highest BCUT2D eigenvalue weighted by Gasteiger charge is 2.42. The predicted molar refractivity (Wildman–Crippen MR) is 130 cm³/mol. The van der Waals surface area contributed by atoms with Gasteiger partial charge in [-0.25, -0.2) is 4.98 Å². The van der Waals surface area contributed by atoms with E-state index in [4.69, 9.17) is 4.74 Å². The van der Waals surface area contributed by atoms with E-state index in [-0.39, 0.29) is 24.2 Å². The Bertz CT molecular complexity index is 1130. The fraction of sp³-hybridized carbons (Fsp3) is 0.333. The zero-order valence-electron chi connectivity index (χ0n) is 18.4. The zero-order chi connectivity index (χ0) is 23.4. The number of hydrogen-bond acceptors (Lipinski definition) is 7. The van der Waals surface area contributed by atoms with Crippen molar-refractivity contribution in [2.24, 2.45) is 5.92 Å². The summed E-state index contributed by atoms with van der Waals surface area (Å²) in [5.74, 6) is -0.958. The van der Waals surface area contributed by atoms with Crippen molar-refractivity contribution in [2.45, 2.75) is 39.2 Å². The van der Waals surface area contributed by atoms with Gasteiger partial charge < -0.3 is 15.0 Å². The highest BCUT2D eigenvalue weighted by Crippen LogP contribution is 2.42. The molecular weight excluding hydrogens is 458 g/mol. The minimum Gasteiger partial charge on any atom is -0.466 e. The first-order valence-electron chi connectivity index (χ1n) is 10.8. The van der Waals surface area contributed by atoms with E-state index in [9.17, 15) is 14.4 Å². The van der Waals surface area contributed by atoms with Crippen molar-refractivity contribution in [2.75, 3.05) is 16.8 Å². The number of aromatic nitrogens is 1. The molecule has 172 valence electrons. The van der Waals surface area contributed by atoms with Crippen LogP contribution in [0.2, 0.25) is 0 Å². The number of anilines is 2. The van der Waals surface area contributed by atoms with Crippen molar-refractivity contribution in [3.8, 4) is 0 Å². The topological polar surface area (TPSA) is 88.6 Å². The molecule has 0 bridgehead atoms. The number of nitrogens with one attached hydrogen (secondary N) is 1. The number of aryl methyl sites for hydroxylation is 1. The summed E-state index contributed by atoms with van der Waals surface area (Å²) >= 11 is 2.81. The van der Waals surface area contributed by atoms with Crippen molar-refractivity contribution in [3.05, 3.63) is 63.3 Å². The molecule has 33 heavy (non-hydrogen) atoms. The Balaban J connectivity index is 1.57. The van der Waals surface area contributed by atoms with Crippen molar-refractivity contribution in [1.82, 2.24) is 4.98 Å². The van der Waals surface area contributed by atoms with Crippen LogP contribution in [-0.2, 0) is 25.5 Å². The number of rotatable bonds is 7. The molecule has 2 atom stereocenters. The van der Waals surface area contributed by atoms with Crippen LogP contribution in [-0.4, -0.2) is 29.4 Å². The third-order valence-electron chi connectivity index (χ3n) is 5.49. The summed E-state index contributed by atoms with van der Waals surface area (Å²) in [6, 6.07) is 11.3. The molecule has 4 rings (SSSR count). The Labute approximate surface area is 200 Å². The van der Waals surface area contributed by atoms with E-state index >= 15 is 0 Å². The van der Waals surface area contributed by atoms with Gasteiger partial charge in [0, 0.05) is 22.4 Å². The van der Waals surface area contributed by atoms with Gasteiger partial charge in [-0.15, -0.1) is 22.7 Å². The molecule has 1 N–H and O–H groups in total. The number of carbonyl (C=O) groups is 3. The first-order valence-corrected chi connectivity index (χ1v) is 12.5. The van der Waals surface area contributed by atoms with E-state index in [1.807, 2.05) is 48.7 Å². The molecule has 1 fully saturated rings. The second-order valence-electron chi connectivity index (χ2n) is 7.82. The maximum atomic E-state index is 13.4. The van der Waals surface area contributed by atoms with Crippen LogP contribution < -0.4 is 10.2 Å². The first kappa shape index (κ1) is 23.1. The highest BCUT2D eigenvalue weighted by molar-refractivity contribution is 7.14. The molecule has 2 amide bonds. The number of amides is 2. The molecule has 9 heteroatoms. The quantitative estimate of drug-likeness (QED) is 0.490. The molecule has 1 aromatic carbocycles. The Morgan fingerprint density at radius 1 is 1.21 bits per heavy atom. The standard InChI is InChI=1S/C24H25N3O4S2/c1-3-31-21(29)13-16-14-33-24(25-16)26-23(30)18-10-11-20(28)27(17-8-6-15(2)7-9-17)22(18)19-5-4-12-32-19/h4-9,12,14,18,22H,3,10-11,13H2,1-2H3,(H,25,26,30). The zero-order valence-corrected chi connectivity index (χ0v) is 20.1. The average molecular weight is 484 g/mol. The minimum absolute atomic E-state index is 0.00674. The molecule has 1 saturated heterocycles. The molecule has 3 aromatic rings. The van der Waals surface area contributed by atoms with Crippen LogP contribution in [0.5, 0.6) is 0 Å². The molecule has 7 nitrogen and oxygen atoms in total. The molecule has 2 unspecified atom stereocenters. The fourth-order valence-corrected chi connectivity index (χ4v) is 5.56. The summed E-state index contributed by atoms with van der Waals surface area (Å²) in [4.78, 5) is 45.2. The van der Waals surface area contributed by atoms with Gasteiger partial charge in [-0.05, 0) is 43.8 Å². The molecule has 0 spiro atoms. The largest absolute Gasteiger partial charge is 0.466 e. The van der Waals surface area contributed by atoms with Gasteiger partial charge in [-0.2, -0.15) is 0 Å². The number of piperidine rings is 1. The maximum absolute atomic E-state index is 13.4. The number of carbonyl (C=O) groups excluding carboxylic acids is 3. The smallest absolute Gasteiger partial charge is 0.311 e. The van der Waals surface area contributed by atoms with Crippen molar-refractivity contribution < 1.29 is 19.1 Å². The molecule has 0 radical (unpaired) electrons. The van der Waals surface area contributed by atoms with Gasteiger partial charge in [0.15, 0.2) is 5.13 Å². The number of nitrogens with zero attached hydrogens (tertiary/aromatic N) is 2. The Kier molecular flexibility index (Phi) is 7.20. The van der Waals surface area contributed by atoms with Crippen molar-refractivity contribution in [1.29, 1.82) is 0 Å². The van der Waals surface area contributed by atoms with Gasteiger partial charge in [0.25, 0.3) is 0 Å². The highest BCUT2D eigenvalue weighted by atomic mass is 32.1. The second kappa shape index (κ2) is 10.3. The minimum atomic E-state index is -0.431. The van der Waals surface area contributed by atoms with Gasteiger partial charge >= 0.3 is 5.97 Å². The third-order valence-corrected chi connectivity index (χ3v) is 7.24. The lowest BCUT2D eigenvalue weighted by Crippen LogP contribution is -2.46. The molecule has 0 aliphatic carbocycles. The van der Waals surface area contributed by atoms with E-state index in [2.05, 4.69) is 10.3 Å². The lowest BCUT2D eigenvalue weighted by atomic mass is 9.86. The van der Waals surface area contributed by atoms with E-state index in [0.29, 0.717) is 30.3 Å². The van der Waals surface area contributed by atoms with Gasteiger partial charge in [0.05, 0.1) is 30.7 Å². The number of esters is 1. The van der Waals surface area contributed by atoms with Crippen LogP contribution >= 0.6 is 22.7 Å². The predicted octanol–water partition coefficient (Wildman–Crippen LogP) is 4.74. The number of ether oxygens (including phenoxy) is 1. The van der Waals surface area contributed by atoms with Gasteiger partial charge in [-0.1, -0.05) is 23.8 Å². The second-order valence-corrected chi connectivity index (χ2v) is 9.66. The SMILES string of the molecule is CCOC(=O)Cc1csc(NC(=O)C2CCC(=O)N(c3ccc(C)cc3)C2c2cccs2)n1. The summed E-state index contributed by atoms with van der Waals surface area (Å²) in [5, 5.41) is 7.04. The lowest BCUT2D eigenvalue weighted by molar-refractivity contribution is -0.142. The fourth-order valence-electron chi connectivity index (χ4n) is 3.97. The van der Waals surface area contributed by atoms with E-state index in [1.165, 1.54) is 22.7 Å². The molecule has 2 aromatic heterocycles. The molecule has 0 saturated carbocycles. The van der Waals surface area contributed by atoms with Crippen LogP contribution in [0.15, 0.2) is 47.2 Å². The summed E-state index contributed by atoms with van der Waals surface area (Å²) in [6.45, 7) is 4.07. The number of thiazole rings is 1. The van der Waals surface area contributed by atoms with Gasteiger partial charge in [0.2, 0.25) is 11.8 Å². The van der Waals surface area contributed by atoms with Crippen molar-refractivity contribution >= 4 is 51.3 Å². The Morgan fingerprint density at radius 3 is 2.70 bits per heavy atom. The monoisotopic (exact) mass is 483 g/mol. The third kappa shape index (κ3) is 5.31. The van der Waals surface area contributed by atoms with E-state index in [1.54, 1.807) is 17.2 Å². The summed E-state index contributed by atoms with van der Waals surface area (Å²) < 4.78 is 4.96. The summed E-state index contributed by atoms with van der Waals surface area (Å²) in [7, 11) is 0. The maximum Gasteiger partial charge on any atom is 0.311 e. The van der Waals surface area contributed by atoms with Crippen molar-refractivity contribution in [3.63, 3.8) is 0 Å². The van der Waals surface area contributed by atoms with E-state index in [0.717, 1.165) is 16.1 Å². The average Bonchev–Trinajstić information content (AvgIpc) is 3.47. The summed E-state index contributed by atoms with van der Waals surface area (Å²) in [5.41, 5.74) is 2.45. The number of benzene rings is 1. The van der Waals surface area contributed by atoms with Gasteiger partial charge in [0.1, 0.15) is 0 Å².